The number of halogens is 1. The summed E-state index contributed by atoms with van der Waals surface area (Å²) >= 11 is 5.41. The highest BCUT2D eigenvalue weighted by molar-refractivity contribution is 9.09. The molecule has 224 valence electrons. The lowest BCUT2D eigenvalue weighted by atomic mass is 9.71. The molecule has 3 fully saturated rings. The second-order valence-corrected chi connectivity index (χ2v) is 14.0. The summed E-state index contributed by atoms with van der Waals surface area (Å²) in [6.45, 7) is 10.6. The van der Waals surface area contributed by atoms with Gasteiger partial charge in [-0.05, 0) is 37.7 Å². The van der Waals surface area contributed by atoms with E-state index in [1.807, 2.05) is 36.4 Å². The first-order chi connectivity index (χ1) is 19.9. The average Bonchev–Trinajstić information content (AvgIpc) is 3.57. The van der Waals surface area contributed by atoms with Gasteiger partial charge in [0, 0.05) is 23.2 Å². The van der Waals surface area contributed by atoms with Crippen LogP contribution in [-0.2, 0) is 19.1 Å². The molecule has 1 spiro atoms. The maximum absolute atomic E-state index is 14.6. The summed E-state index contributed by atoms with van der Waals surface area (Å²) in [4.78, 5) is 46.0. The molecule has 1 N–H and O–H groups in total. The lowest BCUT2D eigenvalue weighted by molar-refractivity contribution is -0.154. The van der Waals surface area contributed by atoms with E-state index in [9.17, 15) is 19.5 Å². The van der Waals surface area contributed by atoms with Crippen LogP contribution in [0.25, 0.3) is 0 Å². The topological polar surface area (TPSA) is 87.2 Å². The van der Waals surface area contributed by atoms with Gasteiger partial charge in [-0.25, -0.2) is 0 Å². The average molecular weight is 648 g/mol. The smallest absolute Gasteiger partial charge is 0.310 e. The number of aliphatic hydroxyl groups is 1. The summed E-state index contributed by atoms with van der Waals surface area (Å²) < 4.78 is 4.94. The minimum Gasteiger partial charge on any atom is -0.465 e. The van der Waals surface area contributed by atoms with Crippen molar-refractivity contribution in [3.05, 3.63) is 61.2 Å². The van der Waals surface area contributed by atoms with Crippen molar-refractivity contribution >= 4 is 45.5 Å². The Morgan fingerprint density at radius 1 is 1.22 bits per heavy atom. The number of hydrogen-bond donors (Lipinski definition) is 1. The first-order valence-corrected chi connectivity index (χ1v) is 16.6. The predicted octanol–water partition coefficient (Wildman–Crippen LogP) is 5.29. The Labute approximate surface area is 256 Å². The summed E-state index contributed by atoms with van der Waals surface area (Å²) in [6.07, 6.45) is 9.48. The van der Waals surface area contributed by atoms with Crippen LogP contribution < -0.4 is 0 Å². The quantitative estimate of drug-likeness (QED) is 0.114. The van der Waals surface area contributed by atoms with Gasteiger partial charge in [-0.2, -0.15) is 0 Å². The van der Waals surface area contributed by atoms with Crippen LogP contribution in [0.15, 0.2) is 55.6 Å². The monoisotopic (exact) mass is 646 g/mol. The fourth-order valence-corrected chi connectivity index (χ4v) is 10.4. The van der Waals surface area contributed by atoms with Gasteiger partial charge in [0.05, 0.1) is 35.8 Å². The number of carbonyl (C=O) groups is 3. The van der Waals surface area contributed by atoms with Crippen molar-refractivity contribution in [2.75, 3.05) is 26.3 Å². The Morgan fingerprint density at radius 2 is 1.98 bits per heavy atom. The summed E-state index contributed by atoms with van der Waals surface area (Å²) in [6, 6.07) is 7.83. The van der Waals surface area contributed by atoms with E-state index in [-0.39, 0.29) is 34.5 Å². The zero-order valence-electron chi connectivity index (χ0n) is 24.0. The molecule has 0 saturated carbocycles. The number of nitrogens with zero attached hydrogens (tertiary/aromatic N) is 2. The maximum atomic E-state index is 14.6. The van der Waals surface area contributed by atoms with Gasteiger partial charge in [0.25, 0.3) is 0 Å². The van der Waals surface area contributed by atoms with E-state index >= 15 is 0 Å². The van der Waals surface area contributed by atoms with Crippen molar-refractivity contribution in [1.29, 1.82) is 0 Å². The number of likely N-dealkylation sites (tertiary alicyclic amines) is 1. The largest absolute Gasteiger partial charge is 0.465 e. The van der Waals surface area contributed by atoms with E-state index in [0.29, 0.717) is 26.1 Å². The number of thioether (sulfide) groups is 1. The number of unbranched alkanes of at least 4 members (excludes halogenated alkanes) is 4. The number of ether oxygens (including phenoxy) is 1. The van der Waals surface area contributed by atoms with E-state index in [0.717, 1.165) is 44.1 Å². The molecule has 3 saturated heterocycles. The van der Waals surface area contributed by atoms with Gasteiger partial charge in [0.1, 0.15) is 6.04 Å². The van der Waals surface area contributed by atoms with Crippen LogP contribution in [0.5, 0.6) is 0 Å². The minimum atomic E-state index is -0.820. The molecule has 3 unspecified atom stereocenters. The van der Waals surface area contributed by atoms with Gasteiger partial charge in [-0.3, -0.25) is 14.4 Å². The molecule has 4 rings (SSSR count). The van der Waals surface area contributed by atoms with Crippen molar-refractivity contribution in [3.8, 4) is 0 Å². The molecule has 2 bridgehead atoms. The molecule has 3 heterocycles. The standard InChI is InChI=1S/C32H43BrN2O5S/c1-4-7-9-14-19-40-31(39)25-26-29(37)35(24(21-36)22-15-11-10-12-16-22)28(32(26)20-23(33)27(25)41-32)30(38)34(17-6-3)18-13-8-5-2/h4,6,10-12,15-16,23-28,36H,1,3,5,7-9,13-14,17-21H2,2H3/t23?,24-,25-,26+,27-,28?,32?/m1/s1. The van der Waals surface area contributed by atoms with E-state index in [4.69, 9.17) is 4.74 Å². The zero-order chi connectivity index (χ0) is 29.6. The van der Waals surface area contributed by atoms with Gasteiger partial charge >= 0.3 is 5.97 Å². The molecule has 3 aliphatic heterocycles. The van der Waals surface area contributed by atoms with Gasteiger partial charge in [-0.1, -0.05) is 78.2 Å². The van der Waals surface area contributed by atoms with Gasteiger partial charge in [-0.15, -0.1) is 24.9 Å². The van der Waals surface area contributed by atoms with E-state index < -0.39 is 28.7 Å². The summed E-state index contributed by atoms with van der Waals surface area (Å²) in [5.74, 6) is -2.11. The molecule has 41 heavy (non-hydrogen) atoms. The van der Waals surface area contributed by atoms with Crippen LogP contribution in [0.2, 0.25) is 0 Å². The number of aliphatic hydroxyl groups excluding tert-OH is 1. The molecule has 3 aliphatic rings. The van der Waals surface area contributed by atoms with Crippen LogP contribution in [0.4, 0.5) is 0 Å². The first kappa shape index (κ1) is 31.8. The summed E-state index contributed by atoms with van der Waals surface area (Å²) in [5.41, 5.74) is 0.759. The van der Waals surface area contributed by atoms with Crippen molar-refractivity contribution < 1.29 is 24.2 Å². The molecule has 7 atom stereocenters. The van der Waals surface area contributed by atoms with E-state index in [1.54, 1.807) is 27.6 Å². The van der Waals surface area contributed by atoms with Crippen molar-refractivity contribution in [2.45, 2.75) is 78.8 Å². The number of benzene rings is 1. The number of esters is 1. The molecule has 0 aliphatic carbocycles. The molecule has 2 amide bonds. The highest BCUT2D eigenvalue weighted by Crippen LogP contribution is 2.68. The van der Waals surface area contributed by atoms with E-state index in [1.165, 1.54) is 0 Å². The zero-order valence-corrected chi connectivity index (χ0v) is 26.4. The van der Waals surface area contributed by atoms with Gasteiger partial charge < -0.3 is 19.6 Å². The molecule has 7 nitrogen and oxygen atoms in total. The number of carbonyl (C=O) groups excluding carboxylic acids is 3. The molecule has 0 aromatic heterocycles. The number of fused-ring (bicyclic) bond motifs is 1. The Morgan fingerprint density at radius 3 is 2.63 bits per heavy atom. The van der Waals surface area contributed by atoms with Crippen LogP contribution in [-0.4, -0.2) is 79.9 Å². The lowest BCUT2D eigenvalue weighted by Gasteiger charge is -2.40. The van der Waals surface area contributed by atoms with Crippen molar-refractivity contribution in [3.63, 3.8) is 0 Å². The minimum absolute atomic E-state index is 0.0395. The Hall–Kier alpha value is -2.10. The third-order valence-electron chi connectivity index (χ3n) is 8.67. The third-order valence-corrected chi connectivity index (χ3v) is 11.9. The predicted molar refractivity (Wildman–Crippen MR) is 167 cm³/mol. The van der Waals surface area contributed by atoms with Crippen LogP contribution in [0.3, 0.4) is 0 Å². The Kier molecular flexibility index (Phi) is 11.2. The molecule has 1 aromatic rings. The normalized spacial score (nSPS) is 28.8. The lowest BCUT2D eigenvalue weighted by Crippen LogP contribution is -2.56. The van der Waals surface area contributed by atoms with Crippen LogP contribution >= 0.6 is 27.7 Å². The number of hydrogen-bond acceptors (Lipinski definition) is 6. The van der Waals surface area contributed by atoms with Gasteiger partial charge in [0.15, 0.2) is 0 Å². The number of rotatable bonds is 16. The SMILES string of the molecule is C=CCCCCOC(=O)[C@H]1[C@@H]2SC3(CC2Br)C(C(=O)N(CC=C)CCCCC)N([C@H](CO)c2ccccc2)C(=O)[C@H]13. The summed E-state index contributed by atoms with van der Waals surface area (Å²) in [7, 11) is 0. The van der Waals surface area contributed by atoms with Crippen molar-refractivity contribution in [2.24, 2.45) is 11.8 Å². The number of allylic oxidation sites excluding steroid dienone is 1. The van der Waals surface area contributed by atoms with Crippen LogP contribution in [0.1, 0.15) is 63.5 Å². The third kappa shape index (κ3) is 6.18. The molecule has 1 aromatic carbocycles. The fraction of sp³-hybridized carbons (Fsp3) is 0.594. The first-order valence-electron chi connectivity index (χ1n) is 14.8. The highest BCUT2D eigenvalue weighted by atomic mass is 79.9. The fourth-order valence-electron chi connectivity index (χ4n) is 6.81. The number of alkyl halides is 1. The highest BCUT2D eigenvalue weighted by Gasteiger charge is 2.76. The molecular formula is C32H43BrN2O5S. The number of amides is 2. The Balaban J connectivity index is 1.73. The molecular weight excluding hydrogens is 604 g/mol. The van der Waals surface area contributed by atoms with E-state index in [2.05, 4.69) is 36.0 Å². The van der Waals surface area contributed by atoms with Crippen LogP contribution in [0, 0.1) is 11.8 Å². The molecule has 9 heteroatoms. The molecule has 0 radical (unpaired) electrons. The Bertz CT molecular complexity index is 1100. The maximum Gasteiger partial charge on any atom is 0.310 e. The second kappa shape index (κ2) is 14.4. The van der Waals surface area contributed by atoms with Gasteiger partial charge in [0.2, 0.25) is 11.8 Å². The van der Waals surface area contributed by atoms with Crippen molar-refractivity contribution in [1.82, 2.24) is 9.80 Å². The second-order valence-electron chi connectivity index (χ2n) is 11.3. The summed E-state index contributed by atoms with van der Waals surface area (Å²) in [5, 5.41) is 10.5.